The van der Waals surface area contributed by atoms with Crippen molar-refractivity contribution < 1.29 is 9.59 Å². The van der Waals surface area contributed by atoms with Gasteiger partial charge in [-0.05, 0) is 68.1 Å². The van der Waals surface area contributed by atoms with E-state index in [4.69, 9.17) is 0 Å². The number of hydrogen-bond acceptors (Lipinski definition) is 2. The van der Waals surface area contributed by atoms with Crippen LogP contribution >= 0.6 is 15.9 Å². The van der Waals surface area contributed by atoms with E-state index in [-0.39, 0.29) is 17.9 Å². The van der Waals surface area contributed by atoms with E-state index in [1.807, 2.05) is 61.2 Å². The number of nitrogens with zero attached hydrogens (tertiary/aromatic N) is 1. The summed E-state index contributed by atoms with van der Waals surface area (Å²) in [5.74, 6) is 0.00935. The SMILES string of the molecule is Cc1ccc(C(=O)NC2CCN(C(=O)c3cccc(Br)c3)CC2)cc1C. The fourth-order valence-corrected chi connectivity index (χ4v) is 3.58. The molecule has 0 bridgehead atoms. The molecular formula is C21H23BrN2O2. The fourth-order valence-electron chi connectivity index (χ4n) is 3.18. The average Bonchev–Trinajstić information content (AvgIpc) is 2.64. The van der Waals surface area contributed by atoms with Gasteiger partial charge in [0.25, 0.3) is 11.8 Å². The van der Waals surface area contributed by atoms with Crippen LogP contribution in [0.25, 0.3) is 0 Å². The first kappa shape index (κ1) is 18.6. The Labute approximate surface area is 162 Å². The molecule has 136 valence electrons. The molecule has 0 unspecified atom stereocenters. The van der Waals surface area contributed by atoms with Crippen LogP contribution in [0.5, 0.6) is 0 Å². The highest BCUT2D eigenvalue weighted by atomic mass is 79.9. The zero-order chi connectivity index (χ0) is 18.7. The Morgan fingerprint density at radius 2 is 1.73 bits per heavy atom. The van der Waals surface area contributed by atoms with E-state index in [1.165, 1.54) is 5.56 Å². The van der Waals surface area contributed by atoms with Crippen LogP contribution in [0.1, 0.15) is 44.7 Å². The van der Waals surface area contributed by atoms with Crippen LogP contribution in [0.4, 0.5) is 0 Å². The number of amides is 2. The van der Waals surface area contributed by atoms with Gasteiger partial charge in [-0.1, -0.05) is 28.1 Å². The molecule has 0 atom stereocenters. The second kappa shape index (κ2) is 8.04. The molecule has 1 heterocycles. The van der Waals surface area contributed by atoms with E-state index in [2.05, 4.69) is 21.2 Å². The van der Waals surface area contributed by atoms with E-state index in [1.54, 1.807) is 0 Å². The van der Waals surface area contributed by atoms with Gasteiger partial charge in [0.05, 0.1) is 0 Å². The van der Waals surface area contributed by atoms with E-state index >= 15 is 0 Å². The number of hydrogen-bond donors (Lipinski definition) is 1. The number of halogens is 1. The van der Waals surface area contributed by atoms with Crippen molar-refractivity contribution >= 4 is 27.7 Å². The Balaban J connectivity index is 1.55. The van der Waals surface area contributed by atoms with Crippen LogP contribution < -0.4 is 5.32 Å². The van der Waals surface area contributed by atoms with Crippen molar-refractivity contribution in [1.82, 2.24) is 10.2 Å². The van der Waals surface area contributed by atoms with Crippen molar-refractivity contribution in [2.75, 3.05) is 13.1 Å². The lowest BCUT2D eigenvalue weighted by Gasteiger charge is -2.32. The maximum Gasteiger partial charge on any atom is 0.253 e. The predicted molar refractivity (Wildman–Crippen MR) is 106 cm³/mol. The first-order valence-electron chi connectivity index (χ1n) is 8.87. The topological polar surface area (TPSA) is 49.4 Å². The van der Waals surface area contributed by atoms with Gasteiger partial charge in [-0.3, -0.25) is 9.59 Å². The smallest absolute Gasteiger partial charge is 0.253 e. The van der Waals surface area contributed by atoms with E-state index in [0.29, 0.717) is 24.2 Å². The van der Waals surface area contributed by atoms with Gasteiger partial charge in [0, 0.05) is 34.7 Å². The molecule has 0 spiro atoms. The van der Waals surface area contributed by atoms with Crippen molar-refractivity contribution in [1.29, 1.82) is 0 Å². The summed E-state index contributed by atoms with van der Waals surface area (Å²) in [6, 6.07) is 13.3. The standard InChI is InChI=1S/C21H23BrN2O2/c1-14-6-7-16(12-15(14)2)20(25)23-19-8-10-24(11-9-19)21(26)17-4-3-5-18(22)13-17/h3-7,12-13,19H,8-11H2,1-2H3,(H,23,25). The molecule has 2 aromatic rings. The summed E-state index contributed by atoms with van der Waals surface area (Å²) in [5.41, 5.74) is 3.69. The van der Waals surface area contributed by atoms with Crippen LogP contribution in [0.15, 0.2) is 46.9 Å². The second-order valence-corrected chi connectivity index (χ2v) is 7.76. The summed E-state index contributed by atoms with van der Waals surface area (Å²) in [7, 11) is 0. The van der Waals surface area contributed by atoms with Gasteiger partial charge in [-0.25, -0.2) is 0 Å². The van der Waals surface area contributed by atoms with Gasteiger partial charge >= 0.3 is 0 Å². The van der Waals surface area contributed by atoms with E-state index in [0.717, 1.165) is 22.9 Å². The monoisotopic (exact) mass is 414 g/mol. The first-order valence-corrected chi connectivity index (χ1v) is 9.66. The Hall–Kier alpha value is -2.14. The number of piperidine rings is 1. The molecular weight excluding hydrogens is 392 g/mol. The van der Waals surface area contributed by atoms with Gasteiger partial charge in [-0.15, -0.1) is 0 Å². The number of nitrogens with one attached hydrogen (secondary N) is 1. The van der Waals surface area contributed by atoms with Gasteiger partial charge in [-0.2, -0.15) is 0 Å². The van der Waals surface area contributed by atoms with Crippen molar-refractivity contribution in [3.05, 3.63) is 69.2 Å². The van der Waals surface area contributed by atoms with E-state index in [9.17, 15) is 9.59 Å². The fraction of sp³-hybridized carbons (Fsp3) is 0.333. The largest absolute Gasteiger partial charge is 0.349 e. The Bertz CT molecular complexity index is 827. The molecule has 0 aromatic heterocycles. The summed E-state index contributed by atoms with van der Waals surface area (Å²) in [5, 5.41) is 3.11. The molecule has 0 saturated carbocycles. The third-order valence-corrected chi connectivity index (χ3v) is 5.45. The zero-order valence-electron chi connectivity index (χ0n) is 15.1. The van der Waals surface area contributed by atoms with Crippen LogP contribution in [0.3, 0.4) is 0 Å². The minimum atomic E-state index is -0.0372. The van der Waals surface area contributed by atoms with Crippen LogP contribution in [0.2, 0.25) is 0 Å². The van der Waals surface area contributed by atoms with Crippen molar-refractivity contribution in [3.63, 3.8) is 0 Å². The first-order chi connectivity index (χ1) is 12.4. The highest BCUT2D eigenvalue weighted by molar-refractivity contribution is 9.10. The molecule has 0 radical (unpaired) electrons. The number of carbonyl (C=O) groups excluding carboxylic acids is 2. The third kappa shape index (κ3) is 4.33. The van der Waals surface area contributed by atoms with Gasteiger partial charge in [0.2, 0.25) is 0 Å². The normalized spacial score (nSPS) is 15.0. The lowest BCUT2D eigenvalue weighted by atomic mass is 10.0. The second-order valence-electron chi connectivity index (χ2n) is 6.85. The minimum absolute atomic E-state index is 0.0372. The number of carbonyl (C=O) groups is 2. The van der Waals surface area contributed by atoms with Gasteiger partial charge in [0.1, 0.15) is 0 Å². The predicted octanol–water partition coefficient (Wildman–Crippen LogP) is 4.10. The Kier molecular flexibility index (Phi) is 5.77. The number of rotatable bonds is 3. The molecule has 26 heavy (non-hydrogen) atoms. The summed E-state index contributed by atoms with van der Waals surface area (Å²) >= 11 is 3.40. The molecule has 5 heteroatoms. The van der Waals surface area contributed by atoms with Crippen molar-refractivity contribution in [2.24, 2.45) is 0 Å². The maximum absolute atomic E-state index is 12.6. The zero-order valence-corrected chi connectivity index (χ0v) is 16.7. The quantitative estimate of drug-likeness (QED) is 0.821. The Morgan fingerprint density at radius 3 is 2.38 bits per heavy atom. The molecule has 1 aliphatic heterocycles. The van der Waals surface area contributed by atoms with Gasteiger partial charge in [0.15, 0.2) is 0 Å². The van der Waals surface area contributed by atoms with E-state index < -0.39 is 0 Å². The molecule has 0 aliphatic carbocycles. The molecule has 1 saturated heterocycles. The van der Waals surface area contributed by atoms with Crippen LogP contribution in [-0.4, -0.2) is 35.8 Å². The highest BCUT2D eigenvalue weighted by Gasteiger charge is 2.25. The molecule has 3 rings (SSSR count). The van der Waals surface area contributed by atoms with Gasteiger partial charge < -0.3 is 10.2 Å². The van der Waals surface area contributed by atoms with Crippen molar-refractivity contribution in [2.45, 2.75) is 32.7 Å². The van der Waals surface area contributed by atoms with Crippen molar-refractivity contribution in [3.8, 4) is 0 Å². The molecule has 4 nitrogen and oxygen atoms in total. The number of benzene rings is 2. The van der Waals surface area contributed by atoms with Crippen LogP contribution in [-0.2, 0) is 0 Å². The molecule has 1 aliphatic rings. The number of aryl methyl sites for hydroxylation is 2. The summed E-state index contributed by atoms with van der Waals surface area (Å²) in [4.78, 5) is 26.9. The molecule has 2 amide bonds. The van der Waals surface area contributed by atoms with Crippen LogP contribution in [0, 0.1) is 13.8 Å². The minimum Gasteiger partial charge on any atom is -0.349 e. The lowest BCUT2D eigenvalue weighted by molar-refractivity contribution is 0.0698. The third-order valence-electron chi connectivity index (χ3n) is 4.96. The Morgan fingerprint density at radius 1 is 1.00 bits per heavy atom. The highest BCUT2D eigenvalue weighted by Crippen LogP contribution is 2.18. The maximum atomic E-state index is 12.6. The number of likely N-dealkylation sites (tertiary alicyclic amines) is 1. The molecule has 1 N–H and O–H groups in total. The molecule has 1 fully saturated rings. The summed E-state index contributed by atoms with van der Waals surface area (Å²) < 4.78 is 0.902. The summed E-state index contributed by atoms with van der Waals surface area (Å²) in [6.07, 6.45) is 1.55. The lowest BCUT2D eigenvalue weighted by Crippen LogP contribution is -2.46. The summed E-state index contributed by atoms with van der Waals surface area (Å²) in [6.45, 7) is 5.36. The average molecular weight is 415 g/mol. The molecule has 2 aromatic carbocycles.